The number of nitriles is 2. The van der Waals surface area contributed by atoms with Crippen molar-refractivity contribution in [3.63, 3.8) is 0 Å². The summed E-state index contributed by atoms with van der Waals surface area (Å²) in [5.74, 6) is 0. The number of rotatable bonds is 10. The van der Waals surface area contributed by atoms with Crippen molar-refractivity contribution >= 4 is 0 Å². The van der Waals surface area contributed by atoms with Crippen LogP contribution in [0.5, 0.6) is 0 Å². The third-order valence-corrected chi connectivity index (χ3v) is 6.44. The van der Waals surface area contributed by atoms with Crippen molar-refractivity contribution in [2.75, 3.05) is 0 Å². The first-order chi connectivity index (χ1) is 18.1. The summed E-state index contributed by atoms with van der Waals surface area (Å²) in [6.45, 7) is 4.39. The van der Waals surface area contributed by atoms with Crippen molar-refractivity contribution in [1.82, 2.24) is 9.97 Å². The molecule has 0 unspecified atom stereocenters. The predicted octanol–water partition coefficient (Wildman–Crippen LogP) is 7.63. The first-order valence-corrected chi connectivity index (χ1v) is 13.1. The van der Waals surface area contributed by atoms with Crippen molar-refractivity contribution in [2.24, 2.45) is 0 Å². The number of pyridine rings is 2. The Hall–Kier alpha value is -4.28. The fourth-order valence-corrected chi connectivity index (χ4v) is 4.60. The third-order valence-electron chi connectivity index (χ3n) is 6.44. The second-order valence-electron chi connectivity index (χ2n) is 9.44. The van der Waals surface area contributed by atoms with E-state index in [9.17, 15) is 0 Å². The molecule has 37 heavy (non-hydrogen) atoms. The average Bonchev–Trinajstić information content (AvgIpc) is 2.93. The summed E-state index contributed by atoms with van der Waals surface area (Å²) in [5.41, 5.74) is 10.1. The summed E-state index contributed by atoms with van der Waals surface area (Å²) >= 11 is 0. The van der Waals surface area contributed by atoms with Crippen LogP contribution in [0, 0.1) is 22.7 Å². The zero-order valence-corrected chi connectivity index (χ0v) is 21.7. The highest BCUT2D eigenvalue weighted by Gasteiger charge is 2.09. The van der Waals surface area contributed by atoms with Crippen LogP contribution in [0.2, 0.25) is 0 Å². The third kappa shape index (κ3) is 6.90. The summed E-state index contributed by atoms with van der Waals surface area (Å²) in [7, 11) is 0. The molecule has 184 valence electrons. The lowest BCUT2D eigenvalue weighted by atomic mass is 10.0. The summed E-state index contributed by atoms with van der Waals surface area (Å²) < 4.78 is 0. The standard InChI is InChI=1S/C33H32N4/c1-3-6-26-18-30(36-32(20-26)28-14-10-24(22-34)11-15-28)8-5-9-31-19-27(7-4-2)21-33(37-31)29-16-12-25(23-35)13-17-29/h10-21H,3-9H2,1-2H3. The molecule has 2 aromatic heterocycles. The summed E-state index contributed by atoms with van der Waals surface area (Å²) in [6.07, 6.45) is 6.94. The van der Waals surface area contributed by atoms with Crippen LogP contribution >= 0.6 is 0 Å². The van der Waals surface area contributed by atoms with Gasteiger partial charge in [0.05, 0.1) is 34.7 Å². The van der Waals surface area contributed by atoms with E-state index >= 15 is 0 Å². The quantitative estimate of drug-likeness (QED) is 0.232. The van der Waals surface area contributed by atoms with E-state index in [1.807, 2.05) is 48.5 Å². The fourth-order valence-electron chi connectivity index (χ4n) is 4.60. The van der Waals surface area contributed by atoms with Gasteiger partial charge >= 0.3 is 0 Å². The van der Waals surface area contributed by atoms with Gasteiger partial charge in [0.2, 0.25) is 0 Å². The molecule has 0 aliphatic carbocycles. The van der Waals surface area contributed by atoms with Crippen molar-refractivity contribution in [3.8, 4) is 34.7 Å². The van der Waals surface area contributed by atoms with Crippen LogP contribution in [0.1, 0.15) is 66.8 Å². The molecule has 0 saturated heterocycles. The molecule has 0 bridgehead atoms. The lowest BCUT2D eigenvalue weighted by Gasteiger charge is -2.11. The van der Waals surface area contributed by atoms with Crippen LogP contribution in [-0.2, 0) is 25.7 Å². The van der Waals surface area contributed by atoms with E-state index in [2.05, 4.69) is 50.3 Å². The molecule has 2 aromatic carbocycles. The van der Waals surface area contributed by atoms with Gasteiger partial charge in [-0.1, -0.05) is 51.0 Å². The highest BCUT2D eigenvalue weighted by Crippen LogP contribution is 2.24. The molecule has 4 heteroatoms. The molecular formula is C33H32N4. The Balaban J connectivity index is 1.53. The van der Waals surface area contributed by atoms with Crippen LogP contribution in [0.3, 0.4) is 0 Å². The average molecular weight is 485 g/mol. The van der Waals surface area contributed by atoms with Gasteiger partial charge in [-0.15, -0.1) is 0 Å². The van der Waals surface area contributed by atoms with Gasteiger partial charge in [0.25, 0.3) is 0 Å². The Bertz CT molecular complexity index is 1310. The Morgan fingerprint density at radius 1 is 0.568 bits per heavy atom. The number of nitrogens with zero attached hydrogens (tertiary/aromatic N) is 4. The smallest absolute Gasteiger partial charge is 0.0991 e. The first kappa shape index (κ1) is 25.8. The second-order valence-corrected chi connectivity index (χ2v) is 9.44. The van der Waals surface area contributed by atoms with Gasteiger partial charge in [-0.3, -0.25) is 9.97 Å². The SMILES string of the molecule is CCCc1cc(CCCc2cc(CCC)cc(-c3ccc(C#N)cc3)n2)nc(-c2ccc(C#N)cc2)c1. The number of hydrogen-bond acceptors (Lipinski definition) is 4. The normalized spacial score (nSPS) is 10.6. The molecule has 0 saturated carbocycles. The van der Waals surface area contributed by atoms with Gasteiger partial charge < -0.3 is 0 Å². The summed E-state index contributed by atoms with van der Waals surface area (Å²) in [4.78, 5) is 9.94. The lowest BCUT2D eigenvalue weighted by molar-refractivity contribution is 0.776. The van der Waals surface area contributed by atoms with Crippen LogP contribution < -0.4 is 0 Å². The maximum absolute atomic E-state index is 9.12. The highest BCUT2D eigenvalue weighted by atomic mass is 14.7. The van der Waals surface area contributed by atoms with Crippen LogP contribution in [-0.4, -0.2) is 9.97 Å². The molecule has 0 fully saturated rings. The molecular weight excluding hydrogens is 452 g/mol. The van der Waals surface area contributed by atoms with E-state index in [0.717, 1.165) is 78.8 Å². The Kier molecular flexibility index (Phi) is 8.79. The molecule has 4 aromatic rings. The minimum absolute atomic E-state index is 0.659. The highest BCUT2D eigenvalue weighted by molar-refractivity contribution is 5.62. The van der Waals surface area contributed by atoms with Gasteiger partial charge in [0, 0.05) is 22.5 Å². The molecule has 0 amide bonds. The van der Waals surface area contributed by atoms with Gasteiger partial charge in [0.15, 0.2) is 0 Å². The van der Waals surface area contributed by atoms with Gasteiger partial charge in [-0.05, 0) is 91.8 Å². The molecule has 0 spiro atoms. The Morgan fingerprint density at radius 2 is 0.973 bits per heavy atom. The Labute approximate surface area is 220 Å². The lowest BCUT2D eigenvalue weighted by Crippen LogP contribution is -2.01. The second kappa shape index (κ2) is 12.6. The number of aromatic nitrogens is 2. The predicted molar refractivity (Wildman–Crippen MR) is 149 cm³/mol. The summed E-state index contributed by atoms with van der Waals surface area (Å²) in [6, 6.07) is 28.5. The van der Waals surface area contributed by atoms with E-state index < -0.39 is 0 Å². The zero-order chi connectivity index (χ0) is 26.0. The van der Waals surface area contributed by atoms with E-state index in [4.69, 9.17) is 20.5 Å². The van der Waals surface area contributed by atoms with Gasteiger partial charge in [-0.25, -0.2) is 0 Å². The van der Waals surface area contributed by atoms with Crippen molar-refractivity contribution in [1.29, 1.82) is 10.5 Å². The van der Waals surface area contributed by atoms with Crippen LogP contribution in [0.15, 0.2) is 72.8 Å². The van der Waals surface area contributed by atoms with E-state index in [1.165, 1.54) is 11.1 Å². The van der Waals surface area contributed by atoms with Crippen LogP contribution in [0.25, 0.3) is 22.5 Å². The molecule has 0 aliphatic rings. The molecule has 2 heterocycles. The van der Waals surface area contributed by atoms with E-state index in [-0.39, 0.29) is 0 Å². The van der Waals surface area contributed by atoms with E-state index in [1.54, 1.807) is 0 Å². The van der Waals surface area contributed by atoms with Crippen molar-refractivity contribution < 1.29 is 0 Å². The Morgan fingerprint density at radius 3 is 1.32 bits per heavy atom. The topological polar surface area (TPSA) is 73.4 Å². The van der Waals surface area contributed by atoms with Crippen LogP contribution in [0.4, 0.5) is 0 Å². The summed E-state index contributed by atoms with van der Waals surface area (Å²) in [5, 5.41) is 18.2. The zero-order valence-electron chi connectivity index (χ0n) is 21.7. The first-order valence-electron chi connectivity index (χ1n) is 13.1. The monoisotopic (exact) mass is 484 g/mol. The largest absolute Gasteiger partial charge is 0.253 e. The molecule has 0 radical (unpaired) electrons. The van der Waals surface area contributed by atoms with Gasteiger partial charge in [0.1, 0.15) is 0 Å². The maximum atomic E-state index is 9.12. The minimum atomic E-state index is 0.659. The van der Waals surface area contributed by atoms with Crippen molar-refractivity contribution in [2.45, 2.75) is 58.8 Å². The van der Waals surface area contributed by atoms with Gasteiger partial charge in [-0.2, -0.15) is 10.5 Å². The maximum Gasteiger partial charge on any atom is 0.0991 e. The van der Waals surface area contributed by atoms with E-state index in [0.29, 0.717) is 11.1 Å². The molecule has 0 atom stereocenters. The fraction of sp³-hybridized carbons (Fsp3) is 0.273. The number of benzene rings is 2. The van der Waals surface area contributed by atoms with Crippen molar-refractivity contribution in [3.05, 3.63) is 106 Å². The molecule has 0 aliphatic heterocycles. The number of hydrogen-bond donors (Lipinski definition) is 0. The molecule has 4 rings (SSSR count). The molecule has 4 nitrogen and oxygen atoms in total. The molecule has 0 N–H and O–H groups in total. The number of aryl methyl sites for hydroxylation is 4. The minimum Gasteiger partial charge on any atom is -0.253 e.